The molecule has 0 N–H and O–H groups in total. The standard InChI is InChI=1S/C12H13N3O2S/c1-2-17-11(16)7-5-9-18-12-14-13-10-6-3-4-8-15(10)12/h3-8H,2,9H2,1H3/b7-5+. The molecule has 0 bridgehead atoms. The molecule has 2 aromatic rings. The quantitative estimate of drug-likeness (QED) is 0.469. The lowest BCUT2D eigenvalue weighted by Crippen LogP contribution is -1.98. The Morgan fingerprint density at radius 3 is 3.22 bits per heavy atom. The van der Waals surface area contributed by atoms with Crippen LogP contribution in [-0.2, 0) is 9.53 Å². The lowest BCUT2D eigenvalue weighted by molar-refractivity contribution is -0.137. The van der Waals surface area contributed by atoms with Crippen molar-refractivity contribution in [1.29, 1.82) is 0 Å². The van der Waals surface area contributed by atoms with Crippen molar-refractivity contribution in [3.63, 3.8) is 0 Å². The Hall–Kier alpha value is -1.82. The fraction of sp³-hybridized carbons (Fsp3) is 0.250. The molecule has 0 aliphatic rings. The molecular formula is C12H13N3O2S. The number of esters is 1. The van der Waals surface area contributed by atoms with Crippen LogP contribution < -0.4 is 0 Å². The van der Waals surface area contributed by atoms with Gasteiger partial charge in [0.05, 0.1) is 6.61 Å². The molecule has 0 saturated heterocycles. The number of aromatic nitrogens is 3. The Morgan fingerprint density at radius 1 is 1.50 bits per heavy atom. The molecule has 0 amide bonds. The first-order chi connectivity index (χ1) is 8.81. The van der Waals surface area contributed by atoms with E-state index in [2.05, 4.69) is 10.2 Å². The molecule has 94 valence electrons. The number of carbonyl (C=O) groups is 1. The van der Waals surface area contributed by atoms with Gasteiger partial charge in [-0.25, -0.2) is 4.79 Å². The van der Waals surface area contributed by atoms with Crippen molar-refractivity contribution in [2.24, 2.45) is 0 Å². The number of nitrogens with zero attached hydrogens (tertiary/aromatic N) is 3. The number of ether oxygens (including phenoxy) is 1. The maximum atomic E-state index is 11.1. The van der Waals surface area contributed by atoms with Gasteiger partial charge in [0.2, 0.25) is 0 Å². The molecule has 2 heterocycles. The zero-order valence-corrected chi connectivity index (χ0v) is 10.8. The van der Waals surface area contributed by atoms with Gasteiger partial charge in [0.1, 0.15) is 0 Å². The second-order valence-electron chi connectivity index (χ2n) is 3.38. The predicted octanol–water partition coefficient (Wildman–Crippen LogP) is 1.94. The highest BCUT2D eigenvalue weighted by Crippen LogP contribution is 2.16. The molecule has 0 fully saturated rings. The van der Waals surface area contributed by atoms with Gasteiger partial charge in [0, 0.05) is 18.0 Å². The van der Waals surface area contributed by atoms with Crippen LogP contribution in [0.25, 0.3) is 5.65 Å². The monoisotopic (exact) mass is 263 g/mol. The van der Waals surface area contributed by atoms with Crippen LogP contribution in [0.3, 0.4) is 0 Å². The SMILES string of the molecule is CCOC(=O)/C=C/CSc1nnc2ccccn12. The number of hydrogen-bond acceptors (Lipinski definition) is 5. The van der Waals surface area contributed by atoms with Crippen molar-refractivity contribution in [2.45, 2.75) is 12.1 Å². The fourth-order valence-electron chi connectivity index (χ4n) is 1.38. The average Bonchev–Trinajstić information content (AvgIpc) is 2.78. The summed E-state index contributed by atoms with van der Waals surface area (Å²) in [7, 11) is 0. The van der Waals surface area contributed by atoms with Gasteiger partial charge in [-0.15, -0.1) is 10.2 Å². The van der Waals surface area contributed by atoms with E-state index < -0.39 is 0 Å². The van der Waals surface area contributed by atoms with Gasteiger partial charge in [-0.1, -0.05) is 23.9 Å². The lowest BCUT2D eigenvalue weighted by atomic mass is 10.5. The van der Waals surface area contributed by atoms with E-state index >= 15 is 0 Å². The van der Waals surface area contributed by atoms with Crippen molar-refractivity contribution in [1.82, 2.24) is 14.6 Å². The summed E-state index contributed by atoms with van der Waals surface area (Å²) in [6.07, 6.45) is 5.10. The molecule has 0 spiro atoms. The largest absolute Gasteiger partial charge is 0.463 e. The van der Waals surface area contributed by atoms with Gasteiger partial charge in [0.15, 0.2) is 10.8 Å². The van der Waals surface area contributed by atoms with Gasteiger partial charge < -0.3 is 4.74 Å². The lowest BCUT2D eigenvalue weighted by Gasteiger charge is -1.96. The molecule has 2 rings (SSSR count). The van der Waals surface area contributed by atoms with Gasteiger partial charge >= 0.3 is 5.97 Å². The molecule has 18 heavy (non-hydrogen) atoms. The van der Waals surface area contributed by atoms with E-state index in [1.54, 1.807) is 13.0 Å². The van der Waals surface area contributed by atoms with Crippen molar-refractivity contribution in [3.05, 3.63) is 36.5 Å². The first-order valence-corrected chi connectivity index (χ1v) is 6.55. The molecule has 0 saturated carbocycles. The third-order valence-corrected chi connectivity index (χ3v) is 3.03. The molecule has 6 heteroatoms. The van der Waals surface area contributed by atoms with Crippen LogP contribution in [0.1, 0.15) is 6.92 Å². The normalized spacial score (nSPS) is 11.2. The van der Waals surface area contributed by atoms with Crippen molar-refractivity contribution in [3.8, 4) is 0 Å². The summed E-state index contributed by atoms with van der Waals surface area (Å²) >= 11 is 1.51. The van der Waals surface area contributed by atoms with Crippen LogP contribution in [0.4, 0.5) is 0 Å². The maximum absolute atomic E-state index is 11.1. The number of hydrogen-bond donors (Lipinski definition) is 0. The number of carbonyl (C=O) groups excluding carboxylic acids is 1. The van der Waals surface area contributed by atoms with E-state index in [9.17, 15) is 4.79 Å². The van der Waals surface area contributed by atoms with Crippen LogP contribution in [0.15, 0.2) is 41.7 Å². The van der Waals surface area contributed by atoms with E-state index in [-0.39, 0.29) is 5.97 Å². The first-order valence-electron chi connectivity index (χ1n) is 5.57. The number of thioether (sulfide) groups is 1. The number of fused-ring (bicyclic) bond motifs is 1. The van der Waals surface area contributed by atoms with Crippen LogP contribution in [0, 0.1) is 0 Å². The fourth-order valence-corrected chi connectivity index (χ4v) is 2.11. The minimum Gasteiger partial charge on any atom is -0.463 e. The van der Waals surface area contributed by atoms with E-state index in [1.807, 2.05) is 28.8 Å². The molecule has 0 aliphatic heterocycles. The molecule has 0 aromatic carbocycles. The zero-order valence-electron chi connectivity index (χ0n) is 9.94. The summed E-state index contributed by atoms with van der Waals surface area (Å²) < 4.78 is 6.69. The topological polar surface area (TPSA) is 56.5 Å². The third kappa shape index (κ3) is 3.10. The highest BCUT2D eigenvalue weighted by molar-refractivity contribution is 7.99. The smallest absolute Gasteiger partial charge is 0.330 e. The molecule has 2 aromatic heterocycles. The Balaban J connectivity index is 1.93. The Morgan fingerprint density at radius 2 is 2.39 bits per heavy atom. The minimum atomic E-state index is -0.316. The van der Waals surface area contributed by atoms with Gasteiger partial charge in [0.25, 0.3) is 0 Å². The zero-order chi connectivity index (χ0) is 12.8. The molecule has 0 unspecified atom stereocenters. The Bertz CT molecular complexity index is 565. The van der Waals surface area contributed by atoms with Gasteiger partial charge in [-0.05, 0) is 19.1 Å². The number of pyridine rings is 1. The highest BCUT2D eigenvalue weighted by atomic mass is 32.2. The highest BCUT2D eigenvalue weighted by Gasteiger charge is 2.03. The van der Waals surface area contributed by atoms with Crippen LogP contribution in [0.5, 0.6) is 0 Å². The minimum absolute atomic E-state index is 0.316. The number of rotatable bonds is 5. The average molecular weight is 263 g/mol. The van der Waals surface area contributed by atoms with Gasteiger partial charge in [-0.3, -0.25) is 4.40 Å². The predicted molar refractivity (Wildman–Crippen MR) is 69.5 cm³/mol. The Kier molecular flexibility index (Phi) is 4.35. The maximum Gasteiger partial charge on any atom is 0.330 e. The third-order valence-electron chi connectivity index (χ3n) is 2.13. The molecule has 0 radical (unpaired) electrons. The molecule has 0 atom stereocenters. The second kappa shape index (κ2) is 6.20. The molecule has 5 nitrogen and oxygen atoms in total. The summed E-state index contributed by atoms with van der Waals surface area (Å²) in [6, 6.07) is 5.74. The second-order valence-corrected chi connectivity index (χ2v) is 4.36. The van der Waals surface area contributed by atoms with Gasteiger partial charge in [-0.2, -0.15) is 0 Å². The van der Waals surface area contributed by atoms with Crippen LogP contribution >= 0.6 is 11.8 Å². The summed E-state index contributed by atoms with van der Waals surface area (Å²) in [6.45, 7) is 2.17. The van der Waals surface area contributed by atoms with Crippen molar-refractivity contribution >= 4 is 23.4 Å². The molecule has 0 aliphatic carbocycles. The van der Waals surface area contributed by atoms with E-state index in [4.69, 9.17) is 4.74 Å². The molecular weight excluding hydrogens is 250 g/mol. The van der Waals surface area contributed by atoms with Crippen molar-refractivity contribution < 1.29 is 9.53 Å². The summed E-state index contributed by atoms with van der Waals surface area (Å²) in [4.78, 5) is 11.1. The van der Waals surface area contributed by atoms with E-state index in [0.29, 0.717) is 12.4 Å². The summed E-state index contributed by atoms with van der Waals surface area (Å²) in [5.74, 6) is 0.332. The summed E-state index contributed by atoms with van der Waals surface area (Å²) in [5, 5.41) is 8.92. The van der Waals surface area contributed by atoms with E-state index in [1.165, 1.54) is 17.8 Å². The van der Waals surface area contributed by atoms with Crippen LogP contribution in [0.2, 0.25) is 0 Å². The summed E-state index contributed by atoms with van der Waals surface area (Å²) in [5.41, 5.74) is 0.814. The van der Waals surface area contributed by atoms with Crippen LogP contribution in [-0.4, -0.2) is 32.9 Å². The van der Waals surface area contributed by atoms with Crippen molar-refractivity contribution in [2.75, 3.05) is 12.4 Å². The Labute approximate surface area is 109 Å². The first kappa shape index (κ1) is 12.6. The van der Waals surface area contributed by atoms with E-state index in [0.717, 1.165) is 10.8 Å².